The second-order valence-corrected chi connectivity index (χ2v) is 5.92. The topological polar surface area (TPSA) is 62.7 Å². The van der Waals surface area contributed by atoms with Crippen LogP contribution in [0.5, 0.6) is 0 Å². The Morgan fingerprint density at radius 3 is 2.35 bits per heavy atom. The third-order valence-electron chi connectivity index (χ3n) is 3.92. The molecule has 26 heavy (non-hydrogen) atoms. The molecular weight excluding hydrogens is 340 g/mol. The van der Waals surface area contributed by atoms with Gasteiger partial charge in [-0.05, 0) is 61.4 Å². The van der Waals surface area contributed by atoms with Gasteiger partial charge >= 0.3 is 0 Å². The molecule has 0 aliphatic carbocycles. The Labute approximate surface area is 150 Å². The van der Waals surface area contributed by atoms with Gasteiger partial charge in [0, 0.05) is 17.9 Å². The van der Waals surface area contributed by atoms with Crippen LogP contribution in [0.2, 0.25) is 0 Å². The third-order valence-corrected chi connectivity index (χ3v) is 3.92. The monoisotopic (exact) mass is 359 g/mol. The molecule has 1 aliphatic heterocycles. The molecule has 0 unspecified atom stereocenters. The molecule has 5 nitrogen and oxygen atoms in total. The predicted octanol–water partition coefficient (Wildman–Crippen LogP) is 3.34. The molecule has 0 bridgehead atoms. The maximum Gasteiger partial charge on any atom is 0.257 e. The lowest BCUT2D eigenvalue weighted by Gasteiger charge is -2.13. The molecule has 1 saturated heterocycles. The highest BCUT2D eigenvalue weighted by Gasteiger charge is 2.16. The van der Waals surface area contributed by atoms with Crippen LogP contribution < -0.4 is 10.6 Å². The first-order valence-corrected chi connectivity index (χ1v) is 8.36. The number of halogens is 2. The maximum absolute atomic E-state index is 13.1. The van der Waals surface area contributed by atoms with Gasteiger partial charge in [-0.1, -0.05) is 0 Å². The highest BCUT2D eigenvalue weighted by atomic mass is 19.1. The predicted molar refractivity (Wildman–Crippen MR) is 95.2 cm³/mol. The highest BCUT2D eigenvalue weighted by Crippen LogP contribution is 2.13. The van der Waals surface area contributed by atoms with E-state index in [0.29, 0.717) is 24.4 Å². The second kappa shape index (κ2) is 8.53. The van der Waals surface area contributed by atoms with Crippen molar-refractivity contribution < 1.29 is 18.3 Å². The van der Waals surface area contributed by atoms with Crippen molar-refractivity contribution in [3.63, 3.8) is 0 Å². The van der Waals surface area contributed by atoms with E-state index >= 15 is 0 Å². The van der Waals surface area contributed by atoms with Crippen LogP contribution >= 0.6 is 0 Å². The number of nitrogens with one attached hydrogen (secondary N) is 2. The Morgan fingerprint density at radius 2 is 1.73 bits per heavy atom. The number of ether oxygens (including phenoxy) is 1. The van der Waals surface area contributed by atoms with Crippen molar-refractivity contribution in [1.29, 1.82) is 0 Å². The molecule has 1 atom stereocenters. The molecule has 1 fully saturated rings. The van der Waals surface area contributed by atoms with Crippen LogP contribution in [-0.2, 0) is 4.74 Å². The summed E-state index contributed by atoms with van der Waals surface area (Å²) in [5.41, 5.74) is 0.883. The Kier molecular flexibility index (Phi) is 5.91. The molecule has 2 aromatic carbocycles. The Hall–Kier alpha value is -2.80. The average Bonchev–Trinajstić information content (AvgIpc) is 3.15. The van der Waals surface area contributed by atoms with E-state index in [1.165, 1.54) is 36.4 Å². The summed E-state index contributed by atoms with van der Waals surface area (Å²) in [6, 6.07) is 10.9. The van der Waals surface area contributed by atoms with Gasteiger partial charge in [-0.15, -0.1) is 0 Å². The van der Waals surface area contributed by atoms with Crippen molar-refractivity contribution in [3.8, 4) is 0 Å². The zero-order valence-electron chi connectivity index (χ0n) is 14.0. The van der Waals surface area contributed by atoms with Crippen LogP contribution in [0, 0.1) is 11.6 Å². The summed E-state index contributed by atoms with van der Waals surface area (Å²) >= 11 is 0. The summed E-state index contributed by atoms with van der Waals surface area (Å²) in [5, 5.41) is 5.63. The molecule has 2 aromatic rings. The normalized spacial score (nSPS) is 17.2. The van der Waals surface area contributed by atoms with Crippen LogP contribution in [0.25, 0.3) is 0 Å². The molecular formula is C19H19F2N3O2. The maximum atomic E-state index is 13.1. The van der Waals surface area contributed by atoms with Gasteiger partial charge in [0.2, 0.25) is 5.96 Å². The fraction of sp³-hybridized carbons (Fsp3) is 0.263. The first-order chi connectivity index (χ1) is 12.6. The van der Waals surface area contributed by atoms with Gasteiger partial charge in [0.15, 0.2) is 0 Å². The fourth-order valence-electron chi connectivity index (χ4n) is 2.54. The molecule has 136 valence electrons. The SMILES string of the molecule is O=C(NC(=NC[C@@H]1CCCO1)Nc1ccc(F)cc1)c1ccc(F)cc1. The summed E-state index contributed by atoms with van der Waals surface area (Å²) in [7, 11) is 0. The zero-order chi connectivity index (χ0) is 18.4. The van der Waals surface area contributed by atoms with Crippen molar-refractivity contribution in [1.82, 2.24) is 5.32 Å². The van der Waals surface area contributed by atoms with E-state index in [1.807, 2.05) is 0 Å². The molecule has 0 spiro atoms. The van der Waals surface area contributed by atoms with Gasteiger partial charge in [-0.25, -0.2) is 13.8 Å². The fourth-order valence-corrected chi connectivity index (χ4v) is 2.54. The Balaban J connectivity index is 1.72. The van der Waals surface area contributed by atoms with E-state index in [9.17, 15) is 13.6 Å². The second-order valence-electron chi connectivity index (χ2n) is 5.92. The Bertz CT molecular complexity index is 770. The molecule has 3 rings (SSSR count). The van der Waals surface area contributed by atoms with Crippen LogP contribution in [0.4, 0.5) is 14.5 Å². The standard InChI is InChI=1S/C19H19F2N3O2/c20-14-5-3-13(4-6-14)18(25)24-19(22-12-17-2-1-11-26-17)23-16-9-7-15(21)8-10-16/h3-10,17H,1-2,11-12H2,(H2,22,23,24,25)/t17-/m0/s1. The van der Waals surface area contributed by atoms with Crippen LogP contribution in [0.15, 0.2) is 53.5 Å². The number of hydrogen-bond acceptors (Lipinski definition) is 3. The van der Waals surface area contributed by atoms with Gasteiger partial charge in [0.05, 0.1) is 12.6 Å². The van der Waals surface area contributed by atoms with Crippen LogP contribution in [-0.4, -0.2) is 31.1 Å². The van der Waals surface area contributed by atoms with Crippen molar-refractivity contribution in [2.24, 2.45) is 4.99 Å². The van der Waals surface area contributed by atoms with Gasteiger partial charge in [0.25, 0.3) is 5.91 Å². The Morgan fingerprint density at radius 1 is 1.08 bits per heavy atom. The zero-order valence-corrected chi connectivity index (χ0v) is 14.0. The first-order valence-electron chi connectivity index (χ1n) is 8.36. The molecule has 0 aromatic heterocycles. The lowest BCUT2D eigenvalue weighted by Crippen LogP contribution is -2.36. The number of carbonyl (C=O) groups is 1. The smallest absolute Gasteiger partial charge is 0.257 e. The lowest BCUT2D eigenvalue weighted by molar-refractivity contribution is 0.0975. The summed E-state index contributed by atoms with van der Waals surface area (Å²) in [6.07, 6.45) is 1.92. The van der Waals surface area contributed by atoms with E-state index in [0.717, 1.165) is 12.8 Å². The number of nitrogens with zero attached hydrogens (tertiary/aromatic N) is 1. The molecule has 1 amide bonds. The summed E-state index contributed by atoms with van der Waals surface area (Å²) in [6.45, 7) is 1.11. The average molecular weight is 359 g/mol. The van der Waals surface area contributed by atoms with Crippen molar-refractivity contribution in [3.05, 3.63) is 65.7 Å². The number of benzene rings is 2. The van der Waals surface area contributed by atoms with E-state index in [4.69, 9.17) is 4.74 Å². The van der Waals surface area contributed by atoms with Gasteiger partial charge in [-0.2, -0.15) is 0 Å². The van der Waals surface area contributed by atoms with Crippen molar-refractivity contribution >= 4 is 17.6 Å². The van der Waals surface area contributed by atoms with E-state index < -0.39 is 11.7 Å². The molecule has 0 radical (unpaired) electrons. The molecule has 2 N–H and O–H groups in total. The van der Waals surface area contributed by atoms with Gasteiger partial charge in [-0.3, -0.25) is 10.1 Å². The summed E-state index contributed by atoms with van der Waals surface area (Å²) in [5.74, 6) is -0.978. The van der Waals surface area contributed by atoms with Crippen LogP contribution in [0.1, 0.15) is 23.2 Å². The lowest BCUT2D eigenvalue weighted by atomic mass is 10.2. The highest BCUT2D eigenvalue weighted by molar-refractivity contribution is 6.09. The van der Waals surface area contributed by atoms with Crippen molar-refractivity contribution in [2.75, 3.05) is 18.5 Å². The molecule has 0 saturated carbocycles. The number of anilines is 1. The number of guanidine groups is 1. The minimum absolute atomic E-state index is 0.0164. The third kappa shape index (κ3) is 5.10. The van der Waals surface area contributed by atoms with Gasteiger partial charge in [0.1, 0.15) is 11.6 Å². The van der Waals surface area contributed by atoms with E-state index in [2.05, 4.69) is 15.6 Å². The van der Waals surface area contributed by atoms with Gasteiger partial charge < -0.3 is 10.1 Å². The minimum atomic E-state index is -0.425. The minimum Gasteiger partial charge on any atom is -0.376 e. The summed E-state index contributed by atoms with van der Waals surface area (Å²) in [4.78, 5) is 16.7. The number of amides is 1. The number of rotatable bonds is 4. The largest absolute Gasteiger partial charge is 0.376 e. The molecule has 7 heteroatoms. The number of aliphatic imine (C=N–C) groups is 1. The quantitative estimate of drug-likeness (QED) is 0.650. The van der Waals surface area contributed by atoms with Crippen LogP contribution in [0.3, 0.4) is 0 Å². The molecule has 1 heterocycles. The van der Waals surface area contributed by atoms with E-state index in [-0.39, 0.29) is 17.9 Å². The van der Waals surface area contributed by atoms with E-state index in [1.54, 1.807) is 12.1 Å². The van der Waals surface area contributed by atoms with Crippen molar-refractivity contribution in [2.45, 2.75) is 18.9 Å². The number of hydrogen-bond donors (Lipinski definition) is 2. The molecule has 1 aliphatic rings. The first kappa shape index (κ1) is 18.0. The number of carbonyl (C=O) groups excluding carboxylic acids is 1. The summed E-state index contributed by atoms with van der Waals surface area (Å²) < 4.78 is 31.6.